The summed E-state index contributed by atoms with van der Waals surface area (Å²) in [6.45, 7) is 2.34. The molecule has 1 fully saturated rings. The van der Waals surface area contributed by atoms with Gasteiger partial charge in [0, 0.05) is 42.9 Å². The molecule has 8 nitrogen and oxygen atoms in total. The molecule has 0 unspecified atom stereocenters. The number of carboxylic acids is 1. The predicted molar refractivity (Wildman–Crippen MR) is 143 cm³/mol. The van der Waals surface area contributed by atoms with E-state index in [2.05, 4.69) is 9.88 Å². The lowest BCUT2D eigenvalue weighted by molar-refractivity contribution is -0.141. The fraction of sp³-hybridized carbons (Fsp3) is 0.448. The fourth-order valence-electron chi connectivity index (χ4n) is 5.50. The minimum absolute atomic E-state index is 0.0152. The van der Waals surface area contributed by atoms with E-state index >= 15 is 0 Å². The standard InChI is InChI=1S/C29H35F2N3O5/c1-38-22-2-3-25-24(15-22)28(19(17-32)18-33-25)26(35)4-5-29(16-27(36)37)6-8-34(9-7-29)10-11-39-23-13-20(30)12-21(31)14-23/h2-3,12-15,18,26,35H,4-11,16-17,32H2,1H3,(H,36,37)/t26-/m0/s1. The Kier molecular flexibility index (Phi) is 9.32. The van der Waals surface area contributed by atoms with Gasteiger partial charge in [-0.2, -0.15) is 0 Å². The molecule has 1 atom stereocenters. The first-order valence-corrected chi connectivity index (χ1v) is 13.1. The molecule has 0 radical (unpaired) electrons. The third-order valence-electron chi connectivity index (χ3n) is 7.66. The van der Waals surface area contributed by atoms with Gasteiger partial charge in [0.05, 0.1) is 25.2 Å². The number of benzene rings is 2. The van der Waals surface area contributed by atoms with Gasteiger partial charge in [0.1, 0.15) is 29.7 Å². The first-order chi connectivity index (χ1) is 18.7. The number of nitrogens with two attached hydrogens (primary N) is 1. The van der Waals surface area contributed by atoms with Crippen LogP contribution in [0.2, 0.25) is 0 Å². The van der Waals surface area contributed by atoms with Crippen LogP contribution in [0.1, 0.15) is 49.3 Å². The molecule has 0 spiro atoms. The van der Waals surface area contributed by atoms with Gasteiger partial charge in [-0.25, -0.2) is 8.78 Å². The van der Waals surface area contributed by atoms with Crippen molar-refractivity contribution in [2.75, 3.05) is 33.4 Å². The summed E-state index contributed by atoms with van der Waals surface area (Å²) >= 11 is 0. The molecule has 0 amide bonds. The zero-order valence-corrected chi connectivity index (χ0v) is 22.0. The Balaban J connectivity index is 1.40. The molecule has 2 aromatic carbocycles. The molecule has 210 valence electrons. The van der Waals surface area contributed by atoms with E-state index in [1.807, 2.05) is 18.2 Å². The maximum atomic E-state index is 13.4. The minimum atomic E-state index is -0.865. The number of hydrogen-bond donors (Lipinski definition) is 3. The average Bonchev–Trinajstić information content (AvgIpc) is 2.91. The summed E-state index contributed by atoms with van der Waals surface area (Å²) in [5.41, 5.74) is 7.68. The van der Waals surface area contributed by atoms with Crippen LogP contribution >= 0.6 is 0 Å². The number of aromatic nitrogens is 1. The predicted octanol–water partition coefficient (Wildman–Crippen LogP) is 4.43. The van der Waals surface area contributed by atoms with Gasteiger partial charge in [-0.05, 0) is 73.5 Å². The molecule has 3 aromatic rings. The van der Waals surface area contributed by atoms with Crippen molar-refractivity contribution in [3.8, 4) is 11.5 Å². The molecular formula is C29H35F2N3O5. The van der Waals surface area contributed by atoms with E-state index in [1.54, 1.807) is 13.3 Å². The Morgan fingerprint density at radius 1 is 1.15 bits per heavy atom. The van der Waals surface area contributed by atoms with Crippen LogP contribution in [0, 0.1) is 17.0 Å². The number of ether oxygens (including phenoxy) is 2. The van der Waals surface area contributed by atoms with Gasteiger partial charge in [0.2, 0.25) is 0 Å². The normalized spacial score (nSPS) is 16.2. The van der Waals surface area contributed by atoms with E-state index in [9.17, 15) is 23.8 Å². The van der Waals surface area contributed by atoms with E-state index in [0.29, 0.717) is 56.6 Å². The molecule has 1 aliphatic heterocycles. The highest BCUT2D eigenvalue weighted by Gasteiger charge is 2.37. The number of nitrogens with zero attached hydrogens (tertiary/aromatic N) is 2. The van der Waals surface area contributed by atoms with Crippen LogP contribution in [0.25, 0.3) is 10.9 Å². The van der Waals surface area contributed by atoms with Crippen molar-refractivity contribution in [2.45, 2.75) is 44.8 Å². The molecule has 0 aliphatic carbocycles. The van der Waals surface area contributed by atoms with Gasteiger partial charge in [-0.3, -0.25) is 14.7 Å². The van der Waals surface area contributed by atoms with Gasteiger partial charge in [0.15, 0.2) is 0 Å². The highest BCUT2D eigenvalue weighted by Crippen LogP contribution is 2.42. The summed E-state index contributed by atoms with van der Waals surface area (Å²) in [6, 6.07) is 8.56. The lowest BCUT2D eigenvalue weighted by Gasteiger charge is -2.41. The minimum Gasteiger partial charge on any atom is -0.497 e. The van der Waals surface area contributed by atoms with Crippen LogP contribution in [-0.2, 0) is 11.3 Å². The number of carboxylic acid groups (broad SMARTS) is 1. The summed E-state index contributed by atoms with van der Waals surface area (Å²) in [7, 11) is 1.58. The Bertz CT molecular complexity index is 1270. The van der Waals surface area contributed by atoms with Crippen LogP contribution in [0.4, 0.5) is 8.78 Å². The number of likely N-dealkylation sites (tertiary alicyclic amines) is 1. The lowest BCUT2D eigenvalue weighted by atomic mass is 9.71. The number of aliphatic hydroxyl groups excluding tert-OH is 1. The maximum absolute atomic E-state index is 13.4. The van der Waals surface area contributed by atoms with Gasteiger partial charge < -0.3 is 25.4 Å². The van der Waals surface area contributed by atoms with Gasteiger partial charge in [0.25, 0.3) is 0 Å². The molecule has 1 saturated heterocycles. The number of aliphatic carboxylic acids is 1. The summed E-state index contributed by atoms with van der Waals surface area (Å²) in [5.74, 6) is -1.47. The lowest BCUT2D eigenvalue weighted by Crippen LogP contribution is -2.42. The first kappa shape index (κ1) is 28.7. The Morgan fingerprint density at radius 2 is 1.87 bits per heavy atom. The van der Waals surface area contributed by atoms with Gasteiger partial charge in [-0.15, -0.1) is 0 Å². The number of halogens is 2. The zero-order chi connectivity index (χ0) is 28.0. The third-order valence-corrected chi connectivity index (χ3v) is 7.66. The topological polar surface area (TPSA) is 118 Å². The smallest absolute Gasteiger partial charge is 0.303 e. The Morgan fingerprint density at radius 3 is 2.51 bits per heavy atom. The van der Waals surface area contributed by atoms with Crippen molar-refractivity contribution in [1.29, 1.82) is 0 Å². The molecule has 4 rings (SSSR count). The van der Waals surface area contributed by atoms with E-state index in [4.69, 9.17) is 15.2 Å². The molecule has 0 bridgehead atoms. The Labute approximate surface area is 226 Å². The molecular weight excluding hydrogens is 508 g/mol. The Hall–Kier alpha value is -3.34. The van der Waals surface area contributed by atoms with Gasteiger partial charge >= 0.3 is 5.97 Å². The highest BCUT2D eigenvalue weighted by atomic mass is 19.1. The van der Waals surface area contributed by atoms with E-state index in [0.717, 1.165) is 34.7 Å². The second-order valence-corrected chi connectivity index (χ2v) is 10.2. The molecule has 4 N–H and O–H groups in total. The SMILES string of the molecule is COc1ccc2ncc(CN)c([C@@H](O)CCC3(CC(=O)O)CCN(CCOc4cc(F)cc(F)c4)CC3)c2c1. The van der Waals surface area contributed by atoms with Crippen molar-refractivity contribution in [1.82, 2.24) is 9.88 Å². The number of pyridine rings is 1. The summed E-state index contributed by atoms with van der Waals surface area (Å²) in [4.78, 5) is 18.4. The number of aliphatic hydroxyl groups is 1. The van der Waals surface area contributed by atoms with Crippen LogP contribution < -0.4 is 15.2 Å². The van der Waals surface area contributed by atoms with Crippen LogP contribution in [0.15, 0.2) is 42.6 Å². The average molecular weight is 544 g/mol. The number of methoxy groups -OCH3 is 1. The fourth-order valence-corrected chi connectivity index (χ4v) is 5.50. The monoisotopic (exact) mass is 543 g/mol. The number of hydrogen-bond acceptors (Lipinski definition) is 7. The van der Waals surface area contributed by atoms with Crippen LogP contribution in [0.3, 0.4) is 0 Å². The highest BCUT2D eigenvalue weighted by molar-refractivity contribution is 5.85. The van der Waals surface area contributed by atoms with Crippen molar-refractivity contribution in [3.63, 3.8) is 0 Å². The van der Waals surface area contributed by atoms with Crippen LogP contribution in [0.5, 0.6) is 11.5 Å². The van der Waals surface area contributed by atoms with Gasteiger partial charge in [-0.1, -0.05) is 0 Å². The van der Waals surface area contributed by atoms with Crippen molar-refractivity contribution in [3.05, 3.63) is 65.4 Å². The van der Waals surface area contributed by atoms with Crippen LogP contribution in [-0.4, -0.2) is 59.4 Å². The van der Waals surface area contributed by atoms with Crippen molar-refractivity contribution >= 4 is 16.9 Å². The van der Waals surface area contributed by atoms with E-state index in [1.165, 1.54) is 0 Å². The summed E-state index contributed by atoms with van der Waals surface area (Å²) < 4.78 is 37.6. The molecule has 2 heterocycles. The summed E-state index contributed by atoms with van der Waals surface area (Å²) in [6.07, 6.45) is 3.06. The van der Waals surface area contributed by atoms with Crippen molar-refractivity contribution < 1.29 is 33.3 Å². The quantitative estimate of drug-likeness (QED) is 0.307. The van der Waals surface area contributed by atoms with Crippen molar-refractivity contribution in [2.24, 2.45) is 11.1 Å². The van der Waals surface area contributed by atoms with E-state index in [-0.39, 0.29) is 25.3 Å². The second kappa shape index (κ2) is 12.7. The third kappa shape index (κ3) is 7.20. The first-order valence-electron chi connectivity index (χ1n) is 13.1. The molecule has 1 aliphatic rings. The molecule has 39 heavy (non-hydrogen) atoms. The number of rotatable bonds is 12. The largest absolute Gasteiger partial charge is 0.497 e. The number of fused-ring (bicyclic) bond motifs is 1. The second-order valence-electron chi connectivity index (χ2n) is 10.2. The molecule has 10 heteroatoms. The maximum Gasteiger partial charge on any atom is 0.303 e. The number of piperidine rings is 1. The zero-order valence-electron chi connectivity index (χ0n) is 22.0. The van der Waals surface area contributed by atoms with E-state index < -0.39 is 29.1 Å². The number of carbonyl (C=O) groups is 1. The molecule has 1 aromatic heterocycles. The summed E-state index contributed by atoms with van der Waals surface area (Å²) in [5, 5.41) is 21.8. The molecule has 0 saturated carbocycles.